The molecule has 0 fully saturated rings. The number of anilines is 1. The highest BCUT2D eigenvalue weighted by Gasteiger charge is 2.22. The molecule has 0 bridgehead atoms. The number of aliphatic imine (C=N–C) groups is 1. The Morgan fingerprint density at radius 2 is 1.96 bits per heavy atom. The third-order valence-electron chi connectivity index (χ3n) is 4.16. The van der Waals surface area contributed by atoms with Gasteiger partial charge in [-0.25, -0.2) is 9.38 Å². The van der Waals surface area contributed by atoms with Crippen molar-refractivity contribution >= 4 is 35.6 Å². The molecule has 1 atom stereocenters. The monoisotopic (exact) mass is 455 g/mol. The zero-order valence-corrected chi connectivity index (χ0v) is 16.5. The lowest BCUT2D eigenvalue weighted by atomic mass is 10.1. The van der Waals surface area contributed by atoms with E-state index in [2.05, 4.69) is 27.3 Å². The molecule has 0 saturated heterocycles. The summed E-state index contributed by atoms with van der Waals surface area (Å²) in [6, 6.07) is 14.5. The number of rotatable bonds is 4. The van der Waals surface area contributed by atoms with Gasteiger partial charge in [0.2, 0.25) is 0 Å². The number of aliphatic hydroxyl groups excluding tert-OH is 1. The van der Waals surface area contributed by atoms with Crippen molar-refractivity contribution in [2.24, 2.45) is 4.99 Å². The molecule has 0 saturated carbocycles. The minimum absolute atomic E-state index is 0. The molecule has 2 aromatic carbocycles. The number of para-hydroxylation sites is 1. The number of guanidine groups is 1. The molecule has 0 amide bonds. The predicted octanol–water partition coefficient (Wildman–Crippen LogP) is 3.51. The van der Waals surface area contributed by atoms with E-state index in [0.717, 1.165) is 31.2 Å². The molecule has 2 aromatic rings. The summed E-state index contributed by atoms with van der Waals surface area (Å²) in [5, 5.41) is 13.5. The predicted molar refractivity (Wildman–Crippen MR) is 110 cm³/mol. The molecule has 0 aromatic heterocycles. The third-order valence-corrected chi connectivity index (χ3v) is 4.16. The van der Waals surface area contributed by atoms with E-state index in [1.165, 1.54) is 11.6 Å². The summed E-state index contributed by atoms with van der Waals surface area (Å²) >= 11 is 0. The van der Waals surface area contributed by atoms with E-state index in [4.69, 9.17) is 0 Å². The first kappa shape index (κ1) is 19.7. The highest BCUT2D eigenvalue weighted by atomic mass is 127. The fourth-order valence-electron chi connectivity index (χ4n) is 2.97. The maximum atomic E-state index is 13.8. The highest BCUT2D eigenvalue weighted by Crippen LogP contribution is 2.27. The number of aliphatic hydroxyl groups is 1. The van der Waals surface area contributed by atoms with Crippen molar-refractivity contribution in [2.75, 3.05) is 24.5 Å². The molecule has 25 heavy (non-hydrogen) atoms. The number of fused-ring (bicyclic) bond motifs is 1. The van der Waals surface area contributed by atoms with Gasteiger partial charge in [0.15, 0.2) is 5.96 Å². The van der Waals surface area contributed by atoms with Crippen LogP contribution in [0.1, 0.15) is 24.2 Å². The molecule has 134 valence electrons. The van der Waals surface area contributed by atoms with Gasteiger partial charge in [0.05, 0.1) is 6.54 Å². The second-order valence-electron chi connectivity index (χ2n) is 5.76. The second-order valence-corrected chi connectivity index (χ2v) is 5.76. The minimum Gasteiger partial charge on any atom is -0.386 e. The molecule has 0 aliphatic carbocycles. The van der Waals surface area contributed by atoms with Crippen LogP contribution in [0, 0.1) is 5.82 Å². The first-order chi connectivity index (χ1) is 11.7. The van der Waals surface area contributed by atoms with E-state index in [-0.39, 0.29) is 36.1 Å². The van der Waals surface area contributed by atoms with Crippen molar-refractivity contribution in [3.8, 4) is 0 Å². The van der Waals surface area contributed by atoms with E-state index < -0.39 is 11.9 Å². The van der Waals surface area contributed by atoms with Crippen LogP contribution in [0.4, 0.5) is 10.1 Å². The molecule has 6 heteroatoms. The number of hydrogen-bond donors (Lipinski definition) is 2. The van der Waals surface area contributed by atoms with Gasteiger partial charge in [0.25, 0.3) is 0 Å². The van der Waals surface area contributed by atoms with E-state index in [9.17, 15) is 9.50 Å². The lowest BCUT2D eigenvalue weighted by Crippen LogP contribution is -2.40. The third kappa shape index (κ3) is 4.49. The van der Waals surface area contributed by atoms with Crippen LogP contribution in [0.2, 0.25) is 0 Å². The van der Waals surface area contributed by atoms with Gasteiger partial charge in [-0.15, -0.1) is 24.0 Å². The van der Waals surface area contributed by atoms with Gasteiger partial charge in [-0.3, -0.25) is 0 Å². The van der Waals surface area contributed by atoms with Gasteiger partial charge in [-0.1, -0.05) is 36.4 Å². The molecule has 3 rings (SSSR count). The summed E-state index contributed by atoms with van der Waals surface area (Å²) < 4.78 is 13.8. The summed E-state index contributed by atoms with van der Waals surface area (Å²) in [5.41, 5.74) is 2.70. The normalized spacial score (nSPS) is 14.7. The van der Waals surface area contributed by atoms with Crippen LogP contribution in [0.5, 0.6) is 0 Å². The fraction of sp³-hybridized carbons (Fsp3) is 0.316. The summed E-state index contributed by atoms with van der Waals surface area (Å²) in [5.74, 6) is 0.314. The van der Waals surface area contributed by atoms with Crippen LogP contribution in [0.25, 0.3) is 0 Å². The molecule has 1 aliphatic heterocycles. The van der Waals surface area contributed by atoms with Crippen molar-refractivity contribution in [1.29, 1.82) is 0 Å². The Balaban J connectivity index is 0.00000225. The molecule has 0 spiro atoms. The van der Waals surface area contributed by atoms with Crippen LogP contribution in [0.3, 0.4) is 0 Å². The number of hydrogen-bond acceptors (Lipinski definition) is 2. The zero-order chi connectivity index (χ0) is 16.9. The van der Waals surface area contributed by atoms with Crippen molar-refractivity contribution in [1.82, 2.24) is 5.32 Å². The fourth-order valence-corrected chi connectivity index (χ4v) is 2.97. The van der Waals surface area contributed by atoms with Crippen LogP contribution in [-0.2, 0) is 6.42 Å². The van der Waals surface area contributed by atoms with Gasteiger partial charge >= 0.3 is 0 Å². The highest BCUT2D eigenvalue weighted by molar-refractivity contribution is 14.0. The maximum Gasteiger partial charge on any atom is 0.198 e. The number of benzene rings is 2. The topological polar surface area (TPSA) is 47.9 Å². The Morgan fingerprint density at radius 1 is 1.24 bits per heavy atom. The number of nitrogens with one attached hydrogen (secondary N) is 1. The van der Waals surface area contributed by atoms with E-state index in [0.29, 0.717) is 0 Å². The van der Waals surface area contributed by atoms with Gasteiger partial charge in [0, 0.05) is 24.3 Å². The van der Waals surface area contributed by atoms with Crippen LogP contribution >= 0.6 is 24.0 Å². The van der Waals surface area contributed by atoms with Gasteiger partial charge in [-0.05, 0) is 31.0 Å². The average Bonchev–Trinajstić information content (AvgIpc) is 3.03. The Morgan fingerprint density at radius 3 is 2.72 bits per heavy atom. The summed E-state index contributed by atoms with van der Waals surface area (Å²) in [6.45, 7) is 3.70. The molecule has 2 N–H and O–H groups in total. The van der Waals surface area contributed by atoms with E-state index >= 15 is 0 Å². The lowest BCUT2D eigenvalue weighted by Gasteiger charge is -2.23. The van der Waals surface area contributed by atoms with Crippen molar-refractivity contribution in [2.45, 2.75) is 19.4 Å². The molecule has 1 heterocycles. The Kier molecular flexibility index (Phi) is 7.19. The average molecular weight is 455 g/mol. The van der Waals surface area contributed by atoms with Gasteiger partial charge in [-0.2, -0.15) is 0 Å². The lowest BCUT2D eigenvalue weighted by molar-refractivity contribution is 0.182. The summed E-state index contributed by atoms with van der Waals surface area (Å²) in [7, 11) is 0. The molecule has 0 radical (unpaired) electrons. The minimum atomic E-state index is -0.960. The van der Waals surface area contributed by atoms with Crippen molar-refractivity contribution in [3.05, 3.63) is 65.5 Å². The quantitative estimate of drug-likeness (QED) is 0.422. The first-order valence-electron chi connectivity index (χ1n) is 8.27. The summed E-state index contributed by atoms with van der Waals surface area (Å²) in [6.07, 6.45) is 0.00824. The zero-order valence-electron chi connectivity index (χ0n) is 14.2. The van der Waals surface area contributed by atoms with E-state index in [1.807, 2.05) is 19.1 Å². The Bertz CT molecular complexity index is 738. The van der Waals surface area contributed by atoms with Crippen LogP contribution < -0.4 is 10.2 Å². The van der Waals surface area contributed by atoms with Gasteiger partial charge in [0.1, 0.15) is 11.9 Å². The molecular weight excluding hydrogens is 432 g/mol. The van der Waals surface area contributed by atoms with E-state index in [1.54, 1.807) is 18.2 Å². The Hall–Kier alpha value is -1.67. The second kappa shape index (κ2) is 9.15. The maximum absolute atomic E-state index is 13.8. The van der Waals surface area contributed by atoms with Gasteiger partial charge < -0.3 is 15.3 Å². The largest absolute Gasteiger partial charge is 0.386 e. The number of halogens is 2. The standard InChI is InChI=1S/C19H22FN3O.HI/c1-2-21-19(23-12-11-14-7-3-6-10-17(14)23)22-13-18(24)15-8-4-5-9-16(15)20;/h3-10,18,24H,2,11-13H2,1H3,(H,21,22);1H. The molecule has 1 unspecified atom stereocenters. The molecular formula is C19H23FIN3O. The Labute approximate surface area is 164 Å². The molecule has 1 aliphatic rings. The molecule has 4 nitrogen and oxygen atoms in total. The first-order valence-corrected chi connectivity index (χ1v) is 8.27. The smallest absolute Gasteiger partial charge is 0.198 e. The summed E-state index contributed by atoms with van der Waals surface area (Å²) in [4.78, 5) is 6.64. The SMILES string of the molecule is CCNC(=NCC(O)c1ccccc1F)N1CCc2ccccc21.I. The van der Waals surface area contributed by atoms with Crippen molar-refractivity contribution < 1.29 is 9.50 Å². The number of nitrogens with zero attached hydrogens (tertiary/aromatic N) is 2. The van der Waals surface area contributed by atoms with Crippen LogP contribution in [0.15, 0.2) is 53.5 Å². The van der Waals surface area contributed by atoms with Crippen LogP contribution in [-0.4, -0.2) is 30.7 Å². The van der Waals surface area contributed by atoms with Crippen molar-refractivity contribution in [3.63, 3.8) is 0 Å².